The minimum atomic E-state index is -0.141. The molecule has 3 aromatic carbocycles. The van der Waals surface area contributed by atoms with Crippen LogP contribution in [0.2, 0.25) is 10.0 Å². The monoisotopic (exact) mass is 546 g/mol. The number of rotatable bonds is 6. The van der Waals surface area contributed by atoms with Crippen LogP contribution in [0.5, 0.6) is 0 Å². The van der Waals surface area contributed by atoms with Crippen molar-refractivity contribution < 1.29 is 4.79 Å². The predicted octanol–water partition coefficient (Wildman–Crippen LogP) is 7.04. The molecule has 0 saturated heterocycles. The lowest BCUT2D eigenvalue weighted by molar-refractivity contribution is -0.113. The highest BCUT2D eigenvalue weighted by molar-refractivity contribution is 9.10. The fourth-order valence-electron chi connectivity index (χ4n) is 3.01. The Balaban J connectivity index is 1.60. The molecule has 0 aliphatic rings. The smallest absolute Gasteiger partial charge is 0.234 e. The molecule has 1 heterocycles. The molecule has 0 saturated carbocycles. The average molecular weight is 548 g/mol. The average Bonchev–Trinajstić information content (AvgIpc) is 3.19. The van der Waals surface area contributed by atoms with Gasteiger partial charge < -0.3 is 5.32 Å². The molecule has 1 amide bonds. The van der Waals surface area contributed by atoms with E-state index in [2.05, 4.69) is 31.4 Å². The van der Waals surface area contributed by atoms with Gasteiger partial charge in [-0.05, 0) is 89.1 Å². The quantitative estimate of drug-likeness (QED) is 0.263. The first-order valence-corrected chi connectivity index (χ1v) is 12.1. The van der Waals surface area contributed by atoms with Crippen molar-refractivity contribution in [3.8, 4) is 17.1 Å². The van der Waals surface area contributed by atoms with Crippen LogP contribution in [0.1, 0.15) is 5.56 Å². The maximum atomic E-state index is 12.6. The van der Waals surface area contributed by atoms with Gasteiger partial charge in [-0.1, -0.05) is 41.0 Å². The van der Waals surface area contributed by atoms with Crippen molar-refractivity contribution in [2.45, 2.75) is 12.1 Å². The van der Waals surface area contributed by atoms with E-state index in [1.54, 1.807) is 24.3 Å². The molecular weight excluding hydrogens is 531 g/mol. The molecule has 0 aliphatic heterocycles. The van der Waals surface area contributed by atoms with E-state index in [1.165, 1.54) is 11.8 Å². The van der Waals surface area contributed by atoms with Crippen LogP contribution < -0.4 is 5.32 Å². The molecular formula is C23H17BrCl2N4OS. The molecule has 0 spiro atoms. The van der Waals surface area contributed by atoms with Gasteiger partial charge in [-0.15, -0.1) is 10.2 Å². The van der Waals surface area contributed by atoms with Crippen LogP contribution in [0.3, 0.4) is 0 Å². The van der Waals surface area contributed by atoms with E-state index in [-0.39, 0.29) is 11.7 Å². The summed E-state index contributed by atoms with van der Waals surface area (Å²) in [5.41, 5.74) is 3.53. The number of aryl methyl sites for hydroxylation is 1. The summed E-state index contributed by atoms with van der Waals surface area (Å²) in [6, 6.07) is 20.5. The molecule has 9 heteroatoms. The van der Waals surface area contributed by atoms with Crippen LogP contribution in [0.4, 0.5) is 5.69 Å². The fourth-order valence-corrected chi connectivity index (χ4v) is 4.61. The lowest BCUT2D eigenvalue weighted by Crippen LogP contribution is -2.15. The molecule has 0 bridgehead atoms. The fraction of sp³-hybridized carbons (Fsp3) is 0.0870. The van der Waals surface area contributed by atoms with Crippen molar-refractivity contribution in [1.29, 1.82) is 0 Å². The van der Waals surface area contributed by atoms with Crippen LogP contribution in [-0.2, 0) is 4.79 Å². The zero-order valence-corrected chi connectivity index (χ0v) is 20.8. The number of hydrogen-bond acceptors (Lipinski definition) is 4. The van der Waals surface area contributed by atoms with Gasteiger partial charge in [0.25, 0.3) is 0 Å². The lowest BCUT2D eigenvalue weighted by atomic mass is 10.2. The van der Waals surface area contributed by atoms with Gasteiger partial charge in [0, 0.05) is 25.8 Å². The van der Waals surface area contributed by atoms with Crippen molar-refractivity contribution in [2.75, 3.05) is 11.1 Å². The minimum absolute atomic E-state index is 0.141. The van der Waals surface area contributed by atoms with E-state index in [0.29, 0.717) is 21.0 Å². The first-order chi connectivity index (χ1) is 15.4. The molecule has 4 aromatic rings. The number of anilines is 1. The summed E-state index contributed by atoms with van der Waals surface area (Å²) in [7, 11) is 0. The Kier molecular flexibility index (Phi) is 7.20. The summed E-state index contributed by atoms with van der Waals surface area (Å²) >= 11 is 16.9. The van der Waals surface area contributed by atoms with Gasteiger partial charge in [0.05, 0.1) is 11.4 Å². The van der Waals surface area contributed by atoms with E-state index in [4.69, 9.17) is 23.2 Å². The largest absolute Gasteiger partial charge is 0.324 e. The molecule has 0 fully saturated rings. The molecule has 162 valence electrons. The summed E-state index contributed by atoms with van der Waals surface area (Å²) in [4.78, 5) is 12.6. The van der Waals surface area contributed by atoms with Gasteiger partial charge in [0.15, 0.2) is 11.0 Å². The standard InChI is InChI=1S/C23H17BrCl2N4OS/c1-14-2-11-20(19(24)12-14)27-21(31)13-32-23-29-28-22(15-3-5-16(25)6-4-15)30(23)18-9-7-17(26)8-10-18/h2-12H,13H2,1H3,(H,27,31). The topological polar surface area (TPSA) is 59.8 Å². The van der Waals surface area contributed by atoms with Crippen LogP contribution in [0, 0.1) is 6.92 Å². The van der Waals surface area contributed by atoms with Crippen molar-refractivity contribution in [2.24, 2.45) is 0 Å². The Labute approximate surface area is 208 Å². The third kappa shape index (κ3) is 5.35. The number of aromatic nitrogens is 3. The maximum Gasteiger partial charge on any atom is 0.234 e. The second-order valence-corrected chi connectivity index (χ2v) is 9.61. The Morgan fingerprint density at radius 2 is 1.66 bits per heavy atom. The number of nitrogens with one attached hydrogen (secondary N) is 1. The first-order valence-electron chi connectivity index (χ1n) is 9.57. The van der Waals surface area contributed by atoms with Crippen molar-refractivity contribution in [3.63, 3.8) is 0 Å². The van der Waals surface area contributed by atoms with Crippen molar-refractivity contribution >= 4 is 62.5 Å². The van der Waals surface area contributed by atoms with Gasteiger partial charge in [-0.2, -0.15) is 0 Å². The molecule has 4 rings (SSSR count). The van der Waals surface area contributed by atoms with Crippen molar-refractivity contribution in [3.05, 3.63) is 86.8 Å². The van der Waals surface area contributed by atoms with Gasteiger partial charge in [-0.25, -0.2) is 0 Å². The normalized spacial score (nSPS) is 10.9. The summed E-state index contributed by atoms with van der Waals surface area (Å²) in [5, 5.41) is 13.5. The number of hydrogen-bond donors (Lipinski definition) is 1. The molecule has 0 aliphatic carbocycles. The third-order valence-electron chi connectivity index (χ3n) is 4.55. The minimum Gasteiger partial charge on any atom is -0.324 e. The summed E-state index contributed by atoms with van der Waals surface area (Å²) in [5.74, 6) is 0.679. The number of thioether (sulfide) groups is 1. The summed E-state index contributed by atoms with van der Waals surface area (Å²) in [6.07, 6.45) is 0. The number of halogens is 3. The molecule has 0 unspecified atom stereocenters. The van der Waals surface area contributed by atoms with Gasteiger partial charge in [-0.3, -0.25) is 9.36 Å². The third-order valence-corrected chi connectivity index (χ3v) is 6.64. The van der Waals surface area contributed by atoms with Crippen LogP contribution in [-0.4, -0.2) is 26.4 Å². The van der Waals surface area contributed by atoms with E-state index in [9.17, 15) is 4.79 Å². The molecule has 5 nitrogen and oxygen atoms in total. The number of carbonyl (C=O) groups excluding carboxylic acids is 1. The van der Waals surface area contributed by atoms with E-state index in [0.717, 1.165) is 27.0 Å². The first kappa shape index (κ1) is 22.9. The molecule has 1 N–H and O–H groups in total. The number of benzene rings is 3. The maximum absolute atomic E-state index is 12.6. The van der Waals surface area contributed by atoms with Gasteiger partial charge in [0.1, 0.15) is 0 Å². The highest BCUT2D eigenvalue weighted by Crippen LogP contribution is 2.30. The van der Waals surface area contributed by atoms with Crippen LogP contribution >= 0.6 is 50.9 Å². The van der Waals surface area contributed by atoms with Gasteiger partial charge in [0.2, 0.25) is 5.91 Å². The SMILES string of the molecule is Cc1ccc(NC(=O)CSc2nnc(-c3ccc(Cl)cc3)n2-c2ccc(Cl)cc2)c(Br)c1. The summed E-state index contributed by atoms with van der Waals surface area (Å²) < 4.78 is 2.74. The molecule has 1 aromatic heterocycles. The second kappa shape index (κ2) is 10.1. The zero-order valence-electron chi connectivity index (χ0n) is 16.8. The molecule has 32 heavy (non-hydrogen) atoms. The highest BCUT2D eigenvalue weighted by Gasteiger charge is 2.18. The lowest BCUT2D eigenvalue weighted by Gasteiger charge is -2.11. The Morgan fingerprint density at radius 3 is 2.31 bits per heavy atom. The Morgan fingerprint density at radius 1 is 1.00 bits per heavy atom. The second-order valence-electron chi connectivity index (χ2n) is 6.95. The van der Waals surface area contributed by atoms with Crippen LogP contribution in [0.15, 0.2) is 76.4 Å². The number of carbonyl (C=O) groups is 1. The van der Waals surface area contributed by atoms with Gasteiger partial charge >= 0.3 is 0 Å². The zero-order chi connectivity index (χ0) is 22.7. The highest BCUT2D eigenvalue weighted by atomic mass is 79.9. The van der Waals surface area contributed by atoms with Crippen molar-refractivity contribution in [1.82, 2.24) is 14.8 Å². The predicted molar refractivity (Wildman–Crippen MR) is 135 cm³/mol. The van der Waals surface area contributed by atoms with Crippen LogP contribution in [0.25, 0.3) is 17.1 Å². The van der Waals surface area contributed by atoms with E-state index < -0.39 is 0 Å². The Bertz CT molecular complexity index is 1260. The molecule has 0 atom stereocenters. The number of amides is 1. The Hall–Kier alpha value is -2.32. The van der Waals surface area contributed by atoms with E-state index >= 15 is 0 Å². The summed E-state index contributed by atoms with van der Waals surface area (Å²) in [6.45, 7) is 1.99. The molecule has 0 radical (unpaired) electrons. The number of nitrogens with zero attached hydrogens (tertiary/aromatic N) is 3. The van der Waals surface area contributed by atoms with E-state index in [1.807, 2.05) is 54.0 Å².